The van der Waals surface area contributed by atoms with Crippen molar-refractivity contribution in [2.45, 2.75) is 32.6 Å². The molecule has 4 heteroatoms. The lowest BCUT2D eigenvalue weighted by molar-refractivity contribution is 0.102. The van der Waals surface area contributed by atoms with Gasteiger partial charge >= 0.3 is 0 Å². The molecule has 0 fully saturated rings. The second-order valence-corrected chi connectivity index (χ2v) is 6.80. The van der Waals surface area contributed by atoms with Crippen LogP contribution in [-0.2, 0) is 11.8 Å². The zero-order chi connectivity index (χ0) is 15.7. The molecule has 3 nitrogen and oxygen atoms in total. The Bertz CT molecular complexity index is 720. The van der Waals surface area contributed by atoms with Gasteiger partial charge in [0.15, 0.2) is 0 Å². The molecule has 0 saturated carbocycles. The van der Waals surface area contributed by atoms with E-state index >= 15 is 0 Å². The second-order valence-electron chi connectivity index (χ2n) is 6.80. The molecule has 1 aliphatic heterocycles. The Morgan fingerprint density at radius 1 is 1.13 bits per heavy atom. The number of halogens is 1. The van der Waals surface area contributed by atoms with Crippen LogP contribution in [0.3, 0.4) is 0 Å². The highest BCUT2D eigenvalue weighted by Crippen LogP contribution is 2.30. The zero-order valence-electron chi connectivity index (χ0n) is 13.8. The SMILES string of the molecule is CC(C)(C)c1ccccc1NC(=O)c1ccc2c(c1)CCN2.Cl. The van der Waals surface area contributed by atoms with E-state index in [1.54, 1.807) is 0 Å². The summed E-state index contributed by atoms with van der Waals surface area (Å²) in [7, 11) is 0. The Kier molecular flexibility index (Phi) is 5.00. The van der Waals surface area contributed by atoms with Crippen LogP contribution >= 0.6 is 12.4 Å². The molecule has 0 spiro atoms. The molecule has 2 N–H and O–H groups in total. The van der Waals surface area contributed by atoms with Crippen LogP contribution < -0.4 is 10.6 Å². The number of hydrogen-bond donors (Lipinski definition) is 2. The lowest BCUT2D eigenvalue weighted by Gasteiger charge is -2.23. The summed E-state index contributed by atoms with van der Waals surface area (Å²) >= 11 is 0. The molecule has 0 saturated heterocycles. The number of carbonyl (C=O) groups excluding carboxylic acids is 1. The van der Waals surface area contributed by atoms with Crippen molar-refractivity contribution in [2.24, 2.45) is 0 Å². The first-order valence-electron chi connectivity index (χ1n) is 7.73. The molecule has 1 amide bonds. The smallest absolute Gasteiger partial charge is 0.255 e. The molecule has 2 aromatic rings. The van der Waals surface area contributed by atoms with Crippen LogP contribution in [0.4, 0.5) is 11.4 Å². The summed E-state index contributed by atoms with van der Waals surface area (Å²) < 4.78 is 0. The summed E-state index contributed by atoms with van der Waals surface area (Å²) in [5.74, 6) is -0.0496. The first kappa shape index (κ1) is 17.4. The number of rotatable bonds is 2. The summed E-state index contributed by atoms with van der Waals surface area (Å²) in [5, 5.41) is 6.38. The number of nitrogens with one attached hydrogen (secondary N) is 2. The molecular weight excluding hydrogens is 308 g/mol. The van der Waals surface area contributed by atoms with Crippen molar-refractivity contribution < 1.29 is 4.79 Å². The Morgan fingerprint density at radius 2 is 1.87 bits per heavy atom. The number of anilines is 2. The van der Waals surface area contributed by atoms with E-state index in [0.717, 1.165) is 29.9 Å². The highest BCUT2D eigenvalue weighted by molar-refractivity contribution is 6.05. The molecule has 0 atom stereocenters. The van der Waals surface area contributed by atoms with Gasteiger partial charge in [-0.2, -0.15) is 0 Å². The van der Waals surface area contributed by atoms with Crippen LogP contribution in [0.15, 0.2) is 42.5 Å². The molecule has 122 valence electrons. The van der Waals surface area contributed by atoms with E-state index in [1.807, 2.05) is 36.4 Å². The Hall–Kier alpha value is -2.00. The predicted molar refractivity (Wildman–Crippen MR) is 99.0 cm³/mol. The molecule has 23 heavy (non-hydrogen) atoms. The van der Waals surface area contributed by atoms with Crippen molar-refractivity contribution in [3.8, 4) is 0 Å². The standard InChI is InChI=1S/C19H22N2O.ClH/c1-19(2,3)15-6-4-5-7-17(15)21-18(22)14-8-9-16-13(12-14)10-11-20-16;/h4-9,12,20H,10-11H2,1-3H3,(H,21,22);1H. The third-order valence-electron chi connectivity index (χ3n) is 4.06. The fraction of sp³-hybridized carbons (Fsp3) is 0.316. The predicted octanol–water partition coefficient (Wildman–Crippen LogP) is 4.63. The monoisotopic (exact) mass is 330 g/mol. The van der Waals surface area contributed by atoms with Gasteiger partial charge < -0.3 is 10.6 Å². The minimum absolute atomic E-state index is 0. The van der Waals surface area contributed by atoms with Gasteiger partial charge in [-0.1, -0.05) is 39.0 Å². The maximum Gasteiger partial charge on any atom is 0.255 e. The molecule has 0 radical (unpaired) electrons. The molecule has 1 heterocycles. The van der Waals surface area contributed by atoms with Crippen molar-refractivity contribution in [3.05, 3.63) is 59.2 Å². The van der Waals surface area contributed by atoms with Gasteiger partial charge in [0, 0.05) is 23.5 Å². The first-order valence-corrected chi connectivity index (χ1v) is 7.73. The average molecular weight is 331 g/mol. The van der Waals surface area contributed by atoms with E-state index in [1.165, 1.54) is 5.56 Å². The van der Waals surface area contributed by atoms with E-state index in [2.05, 4.69) is 37.5 Å². The fourth-order valence-corrected chi connectivity index (χ4v) is 2.89. The maximum absolute atomic E-state index is 12.6. The van der Waals surface area contributed by atoms with E-state index in [0.29, 0.717) is 5.56 Å². The van der Waals surface area contributed by atoms with Crippen LogP contribution in [0.5, 0.6) is 0 Å². The normalized spacial score (nSPS) is 12.8. The number of carbonyl (C=O) groups is 1. The van der Waals surface area contributed by atoms with Crippen LogP contribution in [0.25, 0.3) is 0 Å². The number of amides is 1. The van der Waals surface area contributed by atoms with Crippen molar-refractivity contribution >= 4 is 29.7 Å². The molecule has 0 aliphatic carbocycles. The summed E-state index contributed by atoms with van der Waals surface area (Å²) in [5.41, 5.74) is 5.10. The fourth-order valence-electron chi connectivity index (χ4n) is 2.89. The topological polar surface area (TPSA) is 41.1 Å². The zero-order valence-corrected chi connectivity index (χ0v) is 14.6. The van der Waals surface area contributed by atoms with Crippen LogP contribution in [0, 0.1) is 0 Å². The van der Waals surface area contributed by atoms with Gasteiger partial charge in [0.1, 0.15) is 0 Å². The quantitative estimate of drug-likeness (QED) is 0.843. The van der Waals surface area contributed by atoms with Crippen LogP contribution in [0.1, 0.15) is 42.3 Å². The molecule has 0 aromatic heterocycles. The van der Waals surface area contributed by atoms with E-state index < -0.39 is 0 Å². The van der Waals surface area contributed by atoms with Gasteiger partial charge in [-0.05, 0) is 47.2 Å². The van der Waals surface area contributed by atoms with Gasteiger partial charge in [-0.15, -0.1) is 12.4 Å². The summed E-state index contributed by atoms with van der Waals surface area (Å²) in [6.45, 7) is 7.41. The van der Waals surface area contributed by atoms with Crippen LogP contribution in [-0.4, -0.2) is 12.5 Å². The van der Waals surface area contributed by atoms with Gasteiger partial charge in [0.2, 0.25) is 0 Å². The number of fused-ring (bicyclic) bond motifs is 1. The number of benzene rings is 2. The van der Waals surface area contributed by atoms with E-state index in [9.17, 15) is 4.79 Å². The molecule has 0 unspecified atom stereocenters. The van der Waals surface area contributed by atoms with Crippen molar-refractivity contribution in [1.82, 2.24) is 0 Å². The van der Waals surface area contributed by atoms with Crippen LogP contribution in [0.2, 0.25) is 0 Å². The Morgan fingerprint density at radius 3 is 2.61 bits per heavy atom. The molecule has 0 bridgehead atoms. The van der Waals surface area contributed by atoms with Crippen molar-refractivity contribution in [3.63, 3.8) is 0 Å². The second kappa shape index (κ2) is 6.63. The van der Waals surface area contributed by atoms with E-state index in [-0.39, 0.29) is 23.7 Å². The van der Waals surface area contributed by atoms with Gasteiger partial charge in [0.05, 0.1) is 0 Å². The Balaban J connectivity index is 0.00000192. The third-order valence-corrected chi connectivity index (χ3v) is 4.06. The maximum atomic E-state index is 12.6. The molecule has 1 aliphatic rings. The molecule has 2 aromatic carbocycles. The first-order chi connectivity index (χ1) is 10.4. The van der Waals surface area contributed by atoms with Gasteiger partial charge in [0.25, 0.3) is 5.91 Å². The van der Waals surface area contributed by atoms with Gasteiger partial charge in [-0.25, -0.2) is 0 Å². The summed E-state index contributed by atoms with van der Waals surface area (Å²) in [4.78, 5) is 12.6. The lowest BCUT2D eigenvalue weighted by atomic mass is 9.86. The largest absolute Gasteiger partial charge is 0.384 e. The third kappa shape index (κ3) is 3.67. The minimum atomic E-state index is -0.0496. The van der Waals surface area contributed by atoms with E-state index in [4.69, 9.17) is 0 Å². The highest BCUT2D eigenvalue weighted by atomic mass is 35.5. The highest BCUT2D eigenvalue weighted by Gasteiger charge is 2.19. The Labute approximate surface area is 143 Å². The molecule has 3 rings (SSSR count). The van der Waals surface area contributed by atoms with Gasteiger partial charge in [-0.3, -0.25) is 4.79 Å². The van der Waals surface area contributed by atoms with Crippen molar-refractivity contribution in [1.29, 1.82) is 0 Å². The lowest BCUT2D eigenvalue weighted by Crippen LogP contribution is -2.18. The number of para-hydroxylation sites is 1. The average Bonchev–Trinajstić information content (AvgIpc) is 2.94. The minimum Gasteiger partial charge on any atom is -0.384 e. The summed E-state index contributed by atoms with van der Waals surface area (Å²) in [6.07, 6.45) is 0.981. The van der Waals surface area contributed by atoms with Crippen molar-refractivity contribution in [2.75, 3.05) is 17.2 Å². The molecular formula is C19H23ClN2O. The summed E-state index contributed by atoms with van der Waals surface area (Å²) in [6, 6.07) is 13.9. The number of hydrogen-bond acceptors (Lipinski definition) is 2.